The maximum atomic E-state index is 13.9. The van der Waals surface area contributed by atoms with Crippen LogP contribution in [0.15, 0.2) is 41.5 Å². The lowest BCUT2D eigenvalue weighted by Gasteiger charge is -2.23. The topological polar surface area (TPSA) is 134 Å². The molecule has 2 aromatic carbocycles. The van der Waals surface area contributed by atoms with Gasteiger partial charge in [0.2, 0.25) is 11.8 Å². The van der Waals surface area contributed by atoms with E-state index in [0.29, 0.717) is 23.6 Å². The Kier molecular flexibility index (Phi) is 10.7. The van der Waals surface area contributed by atoms with Crippen molar-refractivity contribution in [1.82, 2.24) is 5.01 Å². The third-order valence-electron chi connectivity index (χ3n) is 5.63. The number of benzene rings is 2. The largest absolute Gasteiger partial charge is 0.478 e. The number of nitrogens with two attached hydrogens (primary N) is 1. The number of nitrogens with one attached hydrogen (secondary N) is 1. The molecule has 3 rings (SSSR count). The Hall–Kier alpha value is -3.64. The number of carbonyl (C=O) groups is 3. The first kappa shape index (κ1) is 30.6. The molecular formula is C25H28ClF3N4O5. The minimum absolute atomic E-state index is 0. The number of hydrazone groups is 1. The summed E-state index contributed by atoms with van der Waals surface area (Å²) in [6.45, 7) is 3.44. The molecule has 2 aromatic rings. The molecule has 3 atom stereocenters. The van der Waals surface area contributed by atoms with Gasteiger partial charge in [-0.05, 0) is 42.3 Å². The molecule has 4 N–H and O–H groups in total. The first-order valence-corrected chi connectivity index (χ1v) is 11.5. The van der Waals surface area contributed by atoms with Crippen molar-refractivity contribution in [2.75, 3.05) is 5.32 Å². The first-order chi connectivity index (χ1) is 17.5. The van der Waals surface area contributed by atoms with Gasteiger partial charge in [0.05, 0.1) is 0 Å². The van der Waals surface area contributed by atoms with Gasteiger partial charge in [-0.1, -0.05) is 13.8 Å². The number of amides is 2. The van der Waals surface area contributed by atoms with Crippen LogP contribution in [0.4, 0.5) is 18.9 Å². The van der Waals surface area contributed by atoms with Crippen molar-refractivity contribution in [3.05, 3.63) is 59.4 Å². The zero-order chi connectivity index (χ0) is 27.3. The Morgan fingerprint density at radius 1 is 1.13 bits per heavy atom. The average Bonchev–Trinajstić information content (AvgIpc) is 3.32. The van der Waals surface area contributed by atoms with Crippen LogP contribution in [0.1, 0.15) is 32.3 Å². The molecule has 0 aromatic heterocycles. The number of carboxylic acid groups (broad SMARTS) is 1. The van der Waals surface area contributed by atoms with Crippen LogP contribution >= 0.6 is 12.4 Å². The maximum Gasteiger partial charge on any atom is 0.345 e. The van der Waals surface area contributed by atoms with Gasteiger partial charge in [-0.25, -0.2) is 23.0 Å². The number of hydrogen-bond donors (Lipinski definition) is 3. The van der Waals surface area contributed by atoms with Crippen LogP contribution in [0.3, 0.4) is 0 Å². The fourth-order valence-corrected chi connectivity index (χ4v) is 3.72. The van der Waals surface area contributed by atoms with Crippen LogP contribution in [0.25, 0.3) is 0 Å². The Bertz CT molecular complexity index is 1200. The highest BCUT2D eigenvalue weighted by molar-refractivity contribution is 5.99. The van der Waals surface area contributed by atoms with Crippen LogP contribution in [0.5, 0.6) is 5.75 Å². The Labute approximate surface area is 223 Å². The van der Waals surface area contributed by atoms with E-state index in [1.165, 1.54) is 30.5 Å². The molecular weight excluding hydrogens is 529 g/mol. The number of halogens is 4. The van der Waals surface area contributed by atoms with E-state index in [0.717, 1.165) is 5.01 Å². The second kappa shape index (κ2) is 13.2. The molecule has 1 unspecified atom stereocenters. The Balaban J connectivity index is 0.00000507. The molecule has 38 heavy (non-hydrogen) atoms. The lowest BCUT2D eigenvalue weighted by Crippen LogP contribution is -2.43. The predicted octanol–water partition coefficient (Wildman–Crippen LogP) is 3.50. The summed E-state index contributed by atoms with van der Waals surface area (Å²) < 4.78 is 45.9. The zero-order valence-corrected chi connectivity index (χ0v) is 21.4. The van der Waals surface area contributed by atoms with Crippen LogP contribution in [-0.2, 0) is 20.8 Å². The van der Waals surface area contributed by atoms with Crippen LogP contribution in [-0.4, -0.2) is 52.3 Å². The summed E-state index contributed by atoms with van der Waals surface area (Å²) in [7, 11) is 0. The standard InChI is InChI=1S/C25H27F3N4O5.ClH/c1-13(2)23(25(35)36)37-17-5-3-16(4-6-17)31-24(34)21-7-8-30-32(21)22(33)11-15(29)9-14-10-19(27)20(28)12-18(14)26;/h3-6,8,10,12-13,15,21,23H,7,9,11,29H2,1-2H3,(H,31,34)(H,35,36);1H/t15-,21?,23+;/m1./s1. The maximum absolute atomic E-state index is 13.9. The fraction of sp³-hybridized carbons (Fsp3) is 0.360. The number of ether oxygens (including phenoxy) is 1. The van der Waals surface area contributed by atoms with Gasteiger partial charge >= 0.3 is 5.97 Å². The lowest BCUT2D eigenvalue weighted by atomic mass is 10.0. The molecule has 2 amide bonds. The second-order valence-corrected chi connectivity index (χ2v) is 8.95. The highest BCUT2D eigenvalue weighted by atomic mass is 35.5. The third kappa shape index (κ3) is 7.68. The molecule has 0 spiro atoms. The van der Waals surface area contributed by atoms with Gasteiger partial charge in [0, 0.05) is 42.8 Å². The number of carbonyl (C=O) groups excluding carboxylic acids is 2. The number of nitrogens with zero attached hydrogens (tertiary/aromatic N) is 2. The molecule has 1 aliphatic heterocycles. The summed E-state index contributed by atoms with van der Waals surface area (Å²) in [5.41, 5.74) is 6.15. The van der Waals surface area contributed by atoms with E-state index in [2.05, 4.69) is 10.4 Å². The second-order valence-electron chi connectivity index (χ2n) is 8.95. The van der Waals surface area contributed by atoms with Crippen molar-refractivity contribution in [3.8, 4) is 5.75 Å². The van der Waals surface area contributed by atoms with E-state index in [4.69, 9.17) is 10.5 Å². The molecule has 0 aliphatic carbocycles. The van der Waals surface area contributed by atoms with Gasteiger partial charge in [0.25, 0.3) is 0 Å². The van der Waals surface area contributed by atoms with E-state index in [1.807, 2.05) is 0 Å². The van der Waals surface area contributed by atoms with E-state index < -0.39 is 53.4 Å². The summed E-state index contributed by atoms with van der Waals surface area (Å²) in [4.78, 5) is 36.9. The first-order valence-electron chi connectivity index (χ1n) is 11.5. The van der Waals surface area contributed by atoms with E-state index in [1.54, 1.807) is 13.8 Å². The Morgan fingerprint density at radius 3 is 2.37 bits per heavy atom. The molecule has 0 saturated carbocycles. The third-order valence-corrected chi connectivity index (χ3v) is 5.63. The summed E-state index contributed by atoms with van der Waals surface area (Å²) in [5.74, 6) is -5.68. The van der Waals surface area contributed by atoms with E-state index in [9.17, 15) is 32.7 Å². The smallest absolute Gasteiger partial charge is 0.345 e. The van der Waals surface area contributed by atoms with Gasteiger partial charge in [-0.2, -0.15) is 5.10 Å². The molecule has 1 aliphatic rings. The van der Waals surface area contributed by atoms with Crippen molar-refractivity contribution in [1.29, 1.82) is 0 Å². The molecule has 9 nitrogen and oxygen atoms in total. The molecule has 0 saturated heterocycles. The number of carboxylic acids is 1. The van der Waals surface area contributed by atoms with E-state index in [-0.39, 0.29) is 43.2 Å². The van der Waals surface area contributed by atoms with Crippen LogP contribution in [0, 0.1) is 23.4 Å². The summed E-state index contributed by atoms with van der Waals surface area (Å²) >= 11 is 0. The summed E-state index contributed by atoms with van der Waals surface area (Å²) in [5, 5.41) is 16.8. The normalized spacial score (nSPS) is 16.1. The van der Waals surface area contributed by atoms with E-state index >= 15 is 0 Å². The van der Waals surface area contributed by atoms with Crippen LogP contribution < -0.4 is 15.8 Å². The van der Waals surface area contributed by atoms with Crippen LogP contribution in [0.2, 0.25) is 0 Å². The van der Waals surface area contributed by atoms with Gasteiger partial charge in [0.1, 0.15) is 17.6 Å². The quantitative estimate of drug-likeness (QED) is 0.383. The monoisotopic (exact) mass is 556 g/mol. The summed E-state index contributed by atoms with van der Waals surface area (Å²) in [6.07, 6.45) is -0.0119. The van der Waals surface area contributed by atoms with Gasteiger partial charge in [-0.3, -0.25) is 9.59 Å². The minimum Gasteiger partial charge on any atom is -0.478 e. The van der Waals surface area contributed by atoms with Crippen molar-refractivity contribution in [3.63, 3.8) is 0 Å². The molecule has 13 heteroatoms. The van der Waals surface area contributed by atoms with Crippen molar-refractivity contribution < 1.29 is 37.4 Å². The fourth-order valence-electron chi connectivity index (χ4n) is 3.72. The highest BCUT2D eigenvalue weighted by Crippen LogP contribution is 2.22. The average molecular weight is 557 g/mol. The highest BCUT2D eigenvalue weighted by Gasteiger charge is 2.33. The van der Waals surface area contributed by atoms with Gasteiger partial charge in [0.15, 0.2) is 17.7 Å². The molecule has 0 fully saturated rings. The van der Waals surface area contributed by atoms with Crippen molar-refractivity contribution >= 4 is 42.1 Å². The number of hydrogen-bond acceptors (Lipinski definition) is 6. The number of anilines is 1. The number of rotatable bonds is 10. The van der Waals surface area contributed by atoms with Gasteiger partial charge in [-0.15, -0.1) is 12.4 Å². The van der Waals surface area contributed by atoms with Gasteiger partial charge < -0.3 is 20.9 Å². The van der Waals surface area contributed by atoms with Crippen molar-refractivity contribution in [2.45, 2.75) is 51.3 Å². The SMILES string of the molecule is CC(C)[C@H](Oc1ccc(NC(=O)C2CC=NN2C(=O)C[C@H](N)Cc2cc(F)c(F)cc2F)cc1)C(=O)O.Cl. The zero-order valence-electron chi connectivity index (χ0n) is 20.6. The Morgan fingerprint density at radius 2 is 1.76 bits per heavy atom. The minimum atomic E-state index is -1.33. The molecule has 1 heterocycles. The predicted molar refractivity (Wildman–Crippen MR) is 136 cm³/mol. The summed E-state index contributed by atoms with van der Waals surface area (Å²) in [6, 6.07) is 5.31. The van der Waals surface area contributed by atoms with Crippen molar-refractivity contribution in [2.24, 2.45) is 16.8 Å². The lowest BCUT2D eigenvalue weighted by molar-refractivity contribution is -0.147. The molecule has 0 bridgehead atoms. The molecule has 206 valence electrons. The number of aliphatic carboxylic acids is 1. The molecule has 0 radical (unpaired) electrons.